The molecular formula is C14H10N4S. The fourth-order valence-electron chi connectivity index (χ4n) is 1.92. The summed E-state index contributed by atoms with van der Waals surface area (Å²) in [7, 11) is 0. The van der Waals surface area contributed by atoms with Crippen molar-refractivity contribution in [3.05, 3.63) is 47.9 Å². The van der Waals surface area contributed by atoms with E-state index in [0.29, 0.717) is 11.5 Å². The fourth-order valence-corrected chi connectivity index (χ4v) is 2.99. The first-order chi connectivity index (χ1) is 9.17. The van der Waals surface area contributed by atoms with Crippen LogP contribution < -0.4 is 11.5 Å². The smallest absolute Gasteiger partial charge is 0.205 e. The van der Waals surface area contributed by atoms with Crippen molar-refractivity contribution >= 4 is 38.6 Å². The Bertz CT molecular complexity index is 814. The molecule has 1 aromatic carbocycles. The minimum absolute atomic E-state index is 0.437. The Balaban J connectivity index is 2.21. The van der Waals surface area contributed by atoms with Gasteiger partial charge in [0.15, 0.2) is 0 Å². The van der Waals surface area contributed by atoms with Gasteiger partial charge in [-0.3, -0.25) is 4.98 Å². The van der Waals surface area contributed by atoms with E-state index in [-0.39, 0.29) is 0 Å². The molecular weight excluding hydrogens is 256 g/mol. The summed E-state index contributed by atoms with van der Waals surface area (Å²) in [6, 6.07) is 9.58. The molecule has 0 aliphatic rings. The standard InChI is InChI=1S/C14H10N4S/c1-17-10-6-11(14(16)18-7-10)13-5-8-4-9(15)2-3-12(8)19-13/h2-7H,15H2,(H2,16,18). The van der Waals surface area contributed by atoms with E-state index in [2.05, 4.69) is 9.83 Å². The second kappa shape index (κ2) is 4.26. The van der Waals surface area contributed by atoms with E-state index < -0.39 is 0 Å². The Labute approximate surface area is 114 Å². The molecule has 0 atom stereocenters. The first kappa shape index (κ1) is 11.5. The quantitative estimate of drug-likeness (QED) is 0.521. The van der Waals surface area contributed by atoms with E-state index in [9.17, 15) is 0 Å². The Kier molecular flexibility index (Phi) is 2.58. The monoisotopic (exact) mass is 266 g/mol. The van der Waals surface area contributed by atoms with Gasteiger partial charge >= 0.3 is 0 Å². The van der Waals surface area contributed by atoms with Crippen LogP contribution in [0.3, 0.4) is 0 Å². The van der Waals surface area contributed by atoms with Crippen molar-refractivity contribution < 1.29 is 0 Å². The lowest BCUT2D eigenvalue weighted by Gasteiger charge is -2.01. The van der Waals surface area contributed by atoms with Crippen molar-refractivity contribution in [3.8, 4) is 10.4 Å². The number of aromatic nitrogens is 1. The molecule has 0 amide bonds. The van der Waals surface area contributed by atoms with E-state index >= 15 is 0 Å². The molecule has 92 valence electrons. The number of pyridine rings is 1. The average molecular weight is 266 g/mol. The highest BCUT2D eigenvalue weighted by Gasteiger charge is 2.09. The number of nitrogens with zero attached hydrogens (tertiary/aromatic N) is 2. The van der Waals surface area contributed by atoms with Gasteiger partial charge in [-0.1, -0.05) is 0 Å². The summed E-state index contributed by atoms with van der Waals surface area (Å²) < 4.78 is 1.14. The molecule has 0 unspecified atom stereocenters. The lowest BCUT2D eigenvalue weighted by molar-refractivity contribution is 1.35. The summed E-state index contributed by atoms with van der Waals surface area (Å²) in [5.41, 5.74) is 13.7. The van der Waals surface area contributed by atoms with Gasteiger partial charge in [0.25, 0.3) is 0 Å². The van der Waals surface area contributed by atoms with Gasteiger partial charge in [0, 0.05) is 27.0 Å². The molecule has 4 N–H and O–H groups in total. The third-order valence-electron chi connectivity index (χ3n) is 2.84. The van der Waals surface area contributed by atoms with Crippen LogP contribution in [0.25, 0.3) is 25.4 Å². The Morgan fingerprint density at radius 1 is 1.16 bits per heavy atom. The van der Waals surface area contributed by atoms with Gasteiger partial charge in [-0.05, 0) is 35.7 Å². The predicted molar refractivity (Wildman–Crippen MR) is 80.1 cm³/mol. The summed E-state index contributed by atoms with van der Waals surface area (Å²) in [6.07, 6.45) is 1.48. The van der Waals surface area contributed by atoms with Gasteiger partial charge in [-0.25, -0.2) is 4.85 Å². The maximum atomic E-state index is 7.04. The van der Waals surface area contributed by atoms with Crippen molar-refractivity contribution in [1.82, 2.24) is 4.98 Å². The van der Waals surface area contributed by atoms with Crippen LogP contribution in [0, 0.1) is 6.57 Å². The van der Waals surface area contributed by atoms with Crippen LogP contribution in [0.2, 0.25) is 0 Å². The summed E-state index contributed by atoms with van der Waals surface area (Å²) in [5.74, 6) is 0.437. The minimum Gasteiger partial charge on any atom is -0.399 e. The molecule has 5 heteroatoms. The molecule has 19 heavy (non-hydrogen) atoms. The molecule has 0 saturated heterocycles. The summed E-state index contributed by atoms with van der Waals surface area (Å²) >= 11 is 1.61. The lowest BCUT2D eigenvalue weighted by atomic mass is 10.1. The Morgan fingerprint density at radius 3 is 2.79 bits per heavy atom. The lowest BCUT2D eigenvalue weighted by Crippen LogP contribution is -1.91. The molecule has 2 heterocycles. The van der Waals surface area contributed by atoms with E-state index in [0.717, 1.165) is 26.2 Å². The van der Waals surface area contributed by atoms with Crippen LogP contribution >= 0.6 is 11.3 Å². The van der Waals surface area contributed by atoms with Crippen LogP contribution in [0.15, 0.2) is 36.5 Å². The molecule has 0 radical (unpaired) electrons. The number of benzene rings is 1. The number of fused-ring (bicyclic) bond motifs is 1. The van der Waals surface area contributed by atoms with Gasteiger partial charge < -0.3 is 11.5 Å². The van der Waals surface area contributed by atoms with Gasteiger partial charge in [0.05, 0.1) is 6.57 Å². The molecule has 2 aromatic heterocycles. The molecule has 3 rings (SSSR count). The first-order valence-corrected chi connectivity index (χ1v) is 6.41. The average Bonchev–Trinajstić information content (AvgIpc) is 2.82. The van der Waals surface area contributed by atoms with Crippen molar-refractivity contribution in [3.63, 3.8) is 0 Å². The number of anilines is 2. The molecule has 3 aromatic rings. The van der Waals surface area contributed by atoms with Crippen molar-refractivity contribution in [2.24, 2.45) is 0 Å². The number of hydrogen-bond acceptors (Lipinski definition) is 4. The third-order valence-corrected chi connectivity index (χ3v) is 3.99. The van der Waals surface area contributed by atoms with Gasteiger partial charge in [0.2, 0.25) is 5.69 Å². The van der Waals surface area contributed by atoms with Crippen LogP contribution in [-0.4, -0.2) is 4.98 Å². The SMILES string of the molecule is [C-]#[N+]c1cnc(N)c(-c2cc3cc(N)ccc3s2)c1. The zero-order valence-electron chi connectivity index (χ0n) is 9.92. The molecule has 0 saturated carbocycles. The zero-order chi connectivity index (χ0) is 13.4. The maximum absolute atomic E-state index is 7.04. The highest BCUT2D eigenvalue weighted by molar-refractivity contribution is 7.22. The molecule has 0 aliphatic heterocycles. The van der Waals surface area contributed by atoms with Crippen LogP contribution in [0.5, 0.6) is 0 Å². The second-order valence-electron chi connectivity index (χ2n) is 4.15. The number of rotatable bonds is 1. The molecule has 0 bridgehead atoms. The van der Waals surface area contributed by atoms with Crippen molar-refractivity contribution in [2.45, 2.75) is 0 Å². The van der Waals surface area contributed by atoms with Crippen LogP contribution in [0.4, 0.5) is 17.2 Å². The summed E-state index contributed by atoms with van der Waals surface area (Å²) in [5, 5.41) is 1.08. The fraction of sp³-hybridized carbons (Fsp3) is 0. The normalized spacial score (nSPS) is 10.5. The van der Waals surface area contributed by atoms with E-state index in [4.69, 9.17) is 18.0 Å². The maximum Gasteiger partial charge on any atom is 0.205 e. The van der Waals surface area contributed by atoms with E-state index in [1.54, 1.807) is 17.4 Å². The number of hydrogen-bond donors (Lipinski definition) is 2. The second-order valence-corrected chi connectivity index (χ2v) is 5.23. The molecule has 0 aliphatic carbocycles. The Hall–Kier alpha value is -2.58. The summed E-state index contributed by atoms with van der Waals surface area (Å²) in [6.45, 7) is 7.04. The van der Waals surface area contributed by atoms with Crippen LogP contribution in [0.1, 0.15) is 0 Å². The third kappa shape index (κ3) is 1.98. The van der Waals surface area contributed by atoms with Gasteiger partial charge in [-0.15, -0.1) is 11.3 Å². The predicted octanol–water partition coefficient (Wildman–Crippen LogP) is 3.68. The van der Waals surface area contributed by atoms with Crippen LogP contribution in [-0.2, 0) is 0 Å². The zero-order valence-corrected chi connectivity index (χ0v) is 10.7. The number of nitrogens with two attached hydrogens (primary N) is 2. The van der Waals surface area contributed by atoms with E-state index in [1.807, 2.05) is 24.3 Å². The van der Waals surface area contributed by atoms with Gasteiger partial charge in [-0.2, -0.15) is 0 Å². The summed E-state index contributed by atoms with van der Waals surface area (Å²) in [4.78, 5) is 8.44. The topological polar surface area (TPSA) is 69.3 Å². The number of thiophene rings is 1. The Morgan fingerprint density at radius 2 is 2.00 bits per heavy atom. The number of nitrogen functional groups attached to an aromatic ring is 2. The highest BCUT2D eigenvalue weighted by atomic mass is 32.1. The van der Waals surface area contributed by atoms with Gasteiger partial charge in [0.1, 0.15) is 5.82 Å². The first-order valence-electron chi connectivity index (χ1n) is 5.60. The van der Waals surface area contributed by atoms with Crippen molar-refractivity contribution in [1.29, 1.82) is 0 Å². The van der Waals surface area contributed by atoms with E-state index in [1.165, 1.54) is 6.20 Å². The largest absolute Gasteiger partial charge is 0.399 e. The molecule has 0 fully saturated rings. The highest BCUT2D eigenvalue weighted by Crippen LogP contribution is 2.37. The van der Waals surface area contributed by atoms with Crippen molar-refractivity contribution in [2.75, 3.05) is 11.5 Å². The molecule has 4 nitrogen and oxygen atoms in total. The minimum atomic E-state index is 0.437. The molecule has 0 spiro atoms.